The molecule has 0 saturated heterocycles. The number of imidazole rings is 1. The first-order valence-electron chi connectivity index (χ1n) is 5.21. The summed E-state index contributed by atoms with van der Waals surface area (Å²) in [6.45, 7) is 2.94. The van der Waals surface area contributed by atoms with Crippen LogP contribution in [-0.2, 0) is 6.54 Å². The molecule has 0 aliphatic carbocycles. The molecule has 0 aliphatic rings. The van der Waals surface area contributed by atoms with E-state index < -0.39 is 0 Å². The van der Waals surface area contributed by atoms with Crippen LogP contribution in [0.1, 0.15) is 6.92 Å². The van der Waals surface area contributed by atoms with Crippen LogP contribution in [0.4, 0.5) is 0 Å². The summed E-state index contributed by atoms with van der Waals surface area (Å²) in [6, 6.07) is 7.89. The molecule has 5 heteroatoms. The maximum Gasteiger partial charge on any atom is 0.156 e. The van der Waals surface area contributed by atoms with Gasteiger partial charge in [0, 0.05) is 6.54 Å². The lowest BCUT2D eigenvalue weighted by atomic mass is 10.3. The molecular formula is C11H11N5. The van der Waals surface area contributed by atoms with Gasteiger partial charge in [0.15, 0.2) is 5.82 Å². The second kappa shape index (κ2) is 3.44. The summed E-state index contributed by atoms with van der Waals surface area (Å²) in [5.41, 5.74) is 1.89. The highest BCUT2D eigenvalue weighted by Gasteiger charge is 2.08. The van der Waals surface area contributed by atoms with Gasteiger partial charge in [-0.3, -0.25) is 0 Å². The zero-order valence-corrected chi connectivity index (χ0v) is 8.91. The van der Waals surface area contributed by atoms with Crippen LogP contribution >= 0.6 is 0 Å². The van der Waals surface area contributed by atoms with Gasteiger partial charge in [0.2, 0.25) is 0 Å². The molecule has 0 spiro atoms. The largest absolute Gasteiger partial charge is 0.316 e. The average Bonchev–Trinajstić information content (AvgIpc) is 2.94. The van der Waals surface area contributed by atoms with Crippen LogP contribution in [0.5, 0.6) is 0 Å². The molecule has 0 fully saturated rings. The fourth-order valence-electron chi connectivity index (χ4n) is 1.77. The van der Waals surface area contributed by atoms with Gasteiger partial charge in [-0.25, -0.2) is 4.98 Å². The van der Waals surface area contributed by atoms with Crippen LogP contribution in [-0.4, -0.2) is 24.5 Å². The Bertz CT molecular complexity index is 622. The van der Waals surface area contributed by atoms with E-state index in [1.165, 1.54) is 0 Å². The van der Waals surface area contributed by atoms with Crippen molar-refractivity contribution in [3.63, 3.8) is 0 Å². The second-order valence-corrected chi connectivity index (χ2v) is 3.53. The predicted molar refractivity (Wildman–Crippen MR) is 60.3 cm³/mol. The summed E-state index contributed by atoms with van der Waals surface area (Å²) >= 11 is 0. The number of benzene rings is 1. The van der Waals surface area contributed by atoms with Crippen molar-refractivity contribution in [2.24, 2.45) is 0 Å². The summed E-state index contributed by atoms with van der Waals surface area (Å²) < 4.78 is 3.84. The molecule has 2 heterocycles. The molecule has 0 saturated carbocycles. The van der Waals surface area contributed by atoms with Crippen molar-refractivity contribution in [2.75, 3.05) is 0 Å². The molecule has 0 atom stereocenters. The van der Waals surface area contributed by atoms with E-state index in [1.807, 2.05) is 33.5 Å². The van der Waals surface area contributed by atoms with Gasteiger partial charge < -0.3 is 4.57 Å². The van der Waals surface area contributed by atoms with Crippen LogP contribution in [0, 0.1) is 0 Å². The van der Waals surface area contributed by atoms with Crippen molar-refractivity contribution < 1.29 is 0 Å². The Morgan fingerprint density at radius 2 is 2.12 bits per heavy atom. The smallest absolute Gasteiger partial charge is 0.156 e. The number of fused-ring (bicyclic) bond motifs is 1. The van der Waals surface area contributed by atoms with Crippen LogP contribution in [0.15, 0.2) is 36.8 Å². The zero-order chi connectivity index (χ0) is 11.0. The van der Waals surface area contributed by atoms with E-state index in [-0.39, 0.29) is 0 Å². The van der Waals surface area contributed by atoms with E-state index in [1.54, 1.807) is 12.5 Å². The summed E-state index contributed by atoms with van der Waals surface area (Å²) in [5, 5.41) is 8.27. The maximum absolute atomic E-state index is 4.15. The number of aryl methyl sites for hydroxylation is 1. The molecule has 0 bridgehead atoms. The molecular weight excluding hydrogens is 202 g/mol. The van der Waals surface area contributed by atoms with Gasteiger partial charge in [-0.1, -0.05) is 17.3 Å². The standard InChI is InChI=1S/C11H11N5/c1-2-15-8-12-7-11(15)16-10-6-4-3-5-9(10)13-14-16/h3-8H,2H2,1H3. The molecule has 2 aromatic heterocycles. The maximum atomic E-state index is 4.15. The Morgan fingerprint density at radius 3 is 3.00 bits per heavy atom. The first-order valence-corrected chi connectivity index (χ1v) is 5.21. The lowest BCUT2D eigenvalue weighted by Crippen LogP contribution is -2.04. The van der Waals surface area contributed by atoms with Crippen molar-refractivity contribution in [2.45, 2.75) is 13.5 Å². The topological polar surface area (TPSA) is 48.5 Å². The third kappa shape index (κ3) is 1.21. The Labute approximate surface area is 92.3 Å². The minimum atomic E-state index is 0.865. The van der Waals surface area contributed by atoms with Gasteiger partial charge in [-0.15, -0.1) is 5.10 Å². The van der Waals surface area contributed by atoms with Gasteiger partial charge in [0.1, 0.15) is 5.52 Å². The number of para-hydroxylation sites is 1. The van der Waals surface area contributed by atoms with E-state index in [9.17, 15) is 0 Å². The average molecular weight is 213 g/mol. The molecule has 3 aromatic rings. The number of hydrogen-bond donors (Lipinski definition) is 0. The quantitative estimate of drug-likeness (QED) is 0.650. The van der Waals surface area contributed by atoms with Crippen molar-refractivity contribution >= 4 is 11.0 Å². The van der Waals surface area contributed by atoms with Crippen molar-refractivity contribution in [3.05, 3.63) is 36.8 Å². The summed E-state index contributed by atoms with van der Waals surface area (Å²) in [7, 11) is 0. The van der Waals surface area contributed by atoms with Gasteiger partial charge >= 0.3 is 0 Å². The lowest BCUT2D eigenvalue weighted by Gasteiger charge is -2.04. The van der Waals surface area contributed by atoms with E-state index in [0.717, 1.165) is 23.4 Å². The van der Waals surface area contributed by atoms with Crippen molar-refractivity contribution in [3.8, 4) is 5.82 Å². The molecule has 16 heavy (non-hydrogen) atoms. The monoisotopic (exact) mass is 213 g/mol. The first-order chi connectivity index (χ1) is 7.90. The Morgan fingerprint density at radius 1 is 1.25 bits per heavy atom. The minimum absolute atomic E-state index is 0.865. The summed E-state index contributed by atoms with van der Waals surface area (Å²) in [6.07, 6.45) is 3.59. The summed E-state index contributed by atoms with van der Waals surface area (Å²) in [5.74, 6) is 0.941. The van der Waals surface area contributed by atoms with Gasteiger partial charge in [-0.2, -0.15) is 4.68 Å². The van der Waals surface area contributed by atoms with E-state index in [2.05, 4.69) is 22.2 Å². The highest BCUT2D eigenvalue weighted by atomic mass is 15.5. The molecule has 0 N–H and O–H groups in total. The van der Waals surface area contributed by atoms with Crippen LogP contribution < -0.4 is 0 Å². The van der Waals surface area contributed by atoms with Crippen molar-refractivity contribution in [1.82, 2.24) is 24.5 Å². The van der Waals surface area contributed by atoms with E-state index in [0.29, 0.717) is 0 Å². The molecule has 0 unspecified atom stereocenters. The summed E-state index contributed by atoms with van der Waals surface area (Å²) in [4.78, 5) is 4.13. The second-order valence-electron chi connectivity index (χ2n) is 3.53. The minimum Gasteiger partial charge on any atom is -0.316 e. The molecule has 0 amide bonds. The molecule has 5 nitrogen and oxygen atoms in total. The van der Waals surface area contributed by atoms with E-state index in [4.69, 9.17) is 0 Å². The normalized spacial score (nSPS) is 11.1. The highest BCUT2D eigenvalue weighted by molar-refractivity contribution is 5.75. The highest BCUT2D eigenvalue weighted by Crippen LogP contribution is 2.15. The van der Waals surface area contributed by atoms with Gasteiger partial charge in [0.25, 0.3) is 0 Å². The Balaban J connectivity index is 2.26. The van der Waals surface area contributed by atoms with Crippen LogP contribution in [0.25, 0.3) is 16.9 Å². The van der Waals surface area contributed by atoms with Crippen molar-refractivity contribution in [1.29, 1.82) is 0 Å². The third-order valence-corrected chi connectivity index (χ3v) is 2.60. The fourth-order valence-corrected chi connectivity index (χ4v) is 1.77. The first kappa shape index (κ1) is 9.08. The molecule has 1 aromatic carbocycles. The Kier molecular flexibility index (Phi) is 1.96. The number of nitrogens with zero attached hydrogens (tertiary/aromatic N) is 5. The van der Waals surface area contributed by atoms with Crippen LogP contribution in [0.3, 0.4) is 0 Å². The molecule has 3 rings (SSSR count). The molecule has 0 radical (unpaired) electrons. The molecule has 80 valence electrons. The van der Waals surface area contributed by atoms with Gasteiger partial charge in [0.05, 0.1) is 18.0 Å². The predicted octanol–water partition coefficient (Wildman–Crippen LogP) is 1.64. The fraction of sp³-hybridized carbons (Fsp3) is 0.182. The van der Waals surface area contributed by atoms with Gasteiger partial charge in [-0.05, 0) is 19.1 Å². The van der Waals surface area contributed by atoms with E-state index >= 15 is 0 Å². The lowest BCUT2D eigenvalue weighted by molar-refractivity contribution is 0.692. The Hall–Kier alpha value is -2.17. The number of hydrogen-bond acceptors (Lipinski definition) is 3. The van der Waals surface area contributed by atoms with Crippen LogP contribution in [0.2, 0.25) is 0 Å². The molecule has 0 aliphatic heterocycles. The third-order valence-electron chi connectivity index (χ3n) is 2.60. The number of aromatic nitrogens is 5. The zero-order valence-electron chi connectivity index (χ0n) is 8.91. The SMILES string of the molecule is CCn1cncc1-n1nnc2ccccc21. The number of rotatable bonds is 2.